The number of hydrogen-bond donors (Lipinski definition) is 1. The molecule has 2 aliphatic heterocycles. The third kappa shape index (κ3) is 3.89. The molecular formula is C16H19F5N2O2S. The second kappa shape index (κ2) is 7.58. The van der Waals surface area contributed by atoms with E-state index in [9.17, 15) is 26.7 Å². The molecule has 0 radical (unpaired) electrons. The third-order valence-corrected chi connectivity index (χ3v) is 4.88. The number of esters is 1. The molecule has 0 bridgehead atoms. The number of alkyl halides is 5. The highest BCUT2D eigenvalue weighted by molar-refractivity contribution is 8.14. The van der Waals surface area contributed by atoms with E-state index in [1.54, 1.807) is 19.2 Å². The summed E-state index contributed by atoms with van der Waals surface area (Å²) in [4.78, 5) is 16.1. The number of dihydropyridines is 1. The van der Waals surface area contributed by atoms with Crippen molar-refractivity contribution < 1.29 is 31.5 Å². The second-order valence-electron chi connectivity index (χ2n) is 6.34. The lowest BCUT2D eigenvalue weighted by molar-refractivity contribution is -0.154. The Hall–Kier alpha value is -1.58. The first-order valence-electron chi connectivity index (χ1n) is 7.89. The van der Waals surface area contributed by atoms with Crippen LogP contribution in [0.2, 0.25) is 0 Å². The molecular weight excluding hydrogens is 379 g/mol. The predicted molar refractivity (Wildman–Crippen MR) is 89.3 cm³/mol. The minimum atomic E-state index is -4.97. The van der Waals surface area contributed by atoms with Crippen molar-refractivity contribution in [1.29, 1.82) is 0 Å². The summed E-state index contributed by atoms with van der Waals surface area (Å²) in [5.74, 6) is -1.09. The third-order valence-electron chi connectivity index (χ3n) is 3.88. The number of nitrogens with zero attached hydrogens (tertiary/aromatic N) is 1. The van der Waals surface area contributed by atoms with E-state index in [1.807, 2.05) is 0 Å². The molecule has 26 heavy (non-hydrogen) atoms. The molecule has 0 spiro atoms. The smallest absolute Gasteiger partial charge is 0.431 e. The summed E-state index contributed by atoms with van der Waals surface area (Å²) in [5.41, 5.74) is -4.51. The van der Waals surface area contributed by atoms with Crippen LogP contribution in [0, 0.1) is 5.92 Å². The highest BCUT2D eigenvalue weighted by Crippen LogP contribution is 2.42. The molecule has 2 heterocycles. The fourth-order valence-corrected chi connectivity index (χ4v) is 3.78. The summed E-state index contributed by atoms with van der Waals surface area (Å²) in [6, 6.07) is 0. The number of carbonyl (C=O) groups is 1. The largest absolute Gasteiger partial charge is 0.467 e. The van der Waals surface area contributed by atoms with E-state index in [0.717, 1.165) is 24.9 Å². The number of halogens is 5. The number of rotatable bonds is 5. The maximum Gasteiger partial charge on any atom is 0.431 e. The Balaban J connectivity index is 2.73. The topological polar surface area (TPSA) is 50.7 Å². The molecule has 0 fully saturated rings. The van der Waals surface area contributed by atoms with Crippen LogP contribution < -0.4 is 5.32 Å². The van der Waals surface area contributed by atoms with Gasteiger partial charge in [0.2, 0.25) is 5.54 Å². The Morgan fingerprint density at radius 2 is 2.08 bits per heavy atom. The molecule has 0 aromatic rings. The van der Waals surface area contributed by atoms with Crippen molar-refractivity contribution in [3.63, 3.8) is 0 Å². The zero-order chi connectivity index (χ0) is 19.7. The van der Waals surface area contributed by atoms with Gasteiger partial charge < -0.3 is 10.1 Å². The van der Waals surface area contributed by atoms with Crippen LogP contribution in [0.3, 0.4) is 0 Å². The first-order valence-corrected chi connectivity index (χ1v) is 8.87. The summed E-state index contributed by atoms with van der Waals surface area (Å²) >= 11 is 1.13. The first-order chi connectivity index (χ1) is 12.0. The van der Waals surface area contributed by atoms with Crippen molar-refractivity contribution in [2.75, 3.05) is 19.4 Å². The molecule has 10 heteroatoms. The summed E-state index contributed by atoms with van der Waals surface area (Å²) in [6.45, 7) is 3.85. The number of ether oxygens (including phenoxy) is 1. The summed E-state index contributed by atoms with van der Waals surface area (Å²) in [6.07, 6.45) is -7.45. The van der Waals surface area contributed by atoms with E-state index < -0.39 is 29.8 Å². The van der Waals surface area contributed by atoms with Gasteiger partial charge in [-0.1, -0.05) is 13.8 Å². The molecule has 0 aromatic carbocycles. The Kier molecular flexibility index (Phi) is 6.04. The van der Waals surface area contributed by atoms with Gasteiger partial charge in [-0.25, -0.2) is 13.6 Å². The van der Waals surface area contributed by atoms with Gasteiger partial charge in [-0.05, 0) is 24.0 Å². The normalized spacial score (nSPS) is 23.9. The SMILES string of the molecule is COC(=O)C1(C(F)F)C=C(CC(C)C)C(C2=NCCS2)=C(C(F)(F)F)N1. The van der Waals surface area contributed by atoms with Crippen molar-refractivity contribution in [3.8, 4) is 0 Å². The zero-order valence-corrected chi connectivity index (χ0v) is 15.2. The highest BCUT2D eigenvalue weighted by atomic mass is 32.2. The molecule has 2 rings (SSSR count). The van der Waals surface area contributed by atoms with Crippen molar-refractivity contribution in [1.82, 2.24) is 5.32 Å². The molecule has 1 unspecified atom stereocenters. The molecule has 0 aromatic heterocycles. The van der Waals surface area contributed by atoms with E-state index in [0.29, 0.717) is 12.3 Å². The van der Waals surface area contributed by atoms with Crippen LogP contribution in [0.25, 0.3) is 0 Å². The molecule has 1 N–H and O–H groups in total. The Morgan fingerprint density at radius 3 is 2.50 bits per heavy atom. The zero-order valence-electron chi connectivity index (χ0n) is 14.4. The van der Waals surface area contributed by atoms with Crippen molar-refractivity contribution >= 4 is 22.8 Å². The number of allylic oxidation sites excluding steroid dienone is 2. The van der Waals surface area contributed by atoms with Gasteiger partial charge in [0, 0.05) is 17.9 Å². The van der Waals surface area contributed by atoms with Crippen molar-refractivity contribution in [2.45, 2.75) is 38.4 Å². The average molecular weight is 398 g/mol. The second-order valence-corrected chi connectivity index (χ2v) is 7.42. The van der Waals surface area contributed by atoms with Crippen molar-refractivity contribution in [3.05, 3.63) is 22.9 Å². The van der Waals surface area contributed by atoms with Gasteiger partial charge >= 0.3 is 12.1 Å². The van der Waals surface area contributed by atoms with Gasteiger partial charge in [0.15, 0.2) is 0 Å². The van der Waals surface area contributed by atoms with Gasteiger partial charge in [-0.3, -0.25) is 4.99 Å². The number of thioether (sulfide) groups is 1. The van der Waals surface area contributed by atoms with E-state index >= 15 is 0 Å². The fraction of sp³-hybridized carbons (Fsp3) is 0.625. The number of hydrogen-bond acceptors (Lipinski definition) is 5. The van der Waals surface area contributed by atoms with Crippen LogP contribution in [-0.4, -0.2) is 48.6 Å². The lowest BCUT2D eigenvalue weighted by atomic mass is 9.84. The van der Waals surface area contributed by atoms with Crippen molar-refractivity contribution in [2.24, 2.45) is 10.9 Å². The molecule has 0 saturated carbocycles. The molecule has 0 aliphatic carbocycles. The van der Waals surface area contributed by atoms with Crippen LogP contribution in [0.1, 0.15) is 20.3 Å². The monoisotopic (exact) mass is 398 g/mol. The van der Waals surface area contributed by atoms with Gasteiger partial charge in [0.05, 0.1) is 7.11 Å². The number of aliphatic imine (C=N–C) groups is 1. The summed E-state index contributed by atoms with van der Waals surface area (Å²) in [7, 11) is 0.855. The van der Waals surface area contributed by atoms with Crippen LogP contribution in [0.15, 0.2) is 27.9 Å². The van der Waals surface area contributed by atoms with Gasteiger partial charge in [0.1, 0.15) is 10.7 Å². The lowest BCUT2D eigenvalue weighted by Crippen LogP contribution is -2.60. The highest BCUT2D eigenvalue weighted by Gasteiger charge is 2.55. The van der Waals surface area contributed by atoms with Crippen LogP contribution in [0.5, 0.6) is 0 Å². The summed E-state index contributed by atoms with van der Waals surface area (Å²) in [5, 5.41) is 1.89. The average Bonchev–Trinajstić information content (AvgIpc) is 3.05. The fourth-order valence-electron chi connectivity index (χ4n) is 2.84. The Morgan fingerprint density at radius 1 is 1.42 bits per heavy atom. The first kappa shape index (κ1) is 20.7. The lowest BCUT2D eigenvalue weighted by Gasteiger charge is -2.37. The molecule has 1 atom stereocenters. The minimum absolute atomic E-state index is 0.0184. The minimum Gasteiger partial charge on any atom is -0.467 e. The molecule has 0 amide bonds. The van der Waals surface area contributed by atoms with Crippen LogP contribution in [0.4, 0.5) is 22.0 Å². The summed E-state index contributed by atoms with van der Waals surface area (Å²) < 4.78 is 73.1. The van der Waals surface area contributed by atoms with E-state index in [2.05, 4.69) is 9.73 Å². The van der Waals surface area contributed by atoms with E-state index in [1.165, 1.54) is 0 Å². The molecule has 0 saturated heterocycles. The number of methoxy groups -OCH3 is 1. The van der Waals surface area contributed by atoms with E-state index in [4.69, 9.17) is 0 Å². The number of nitrogens with one attached hydrogen (secondary N) is 1. The Labute approximate surface area is 151 Å². The maximum atomic E-state index is 13.8. The number of carbonyl (C=O) groups excluding carboxylic acids is 1. The molecule has 4 nitrogen and oxygen atoms in total. The van der Waals surface area contributed by atoms with Crippen LogP contribution >= 0.6 is 11.8 Å². The molecule has 2 aliphatic rings. The standard InChI is InChI=1S/C16H19F5N2O2S/c1-8(2)6-9-7-15(13(17)18,14(24)25-3)23-11(16(19,20)21)10(9)12-22-4-5-26-12/h7-8,13,23H,4-6H2,1-3H3. The van der Waals surface area contributed by atoms with Crippen LogP contribution in [-0.2, 0) is 9.53 Å². The predicted octanol–water partition coefficient (Wildman–Crippen LogP) is 3.70. The van der Waals surface area contributed by atoms with Gasteiger partial charge in [-0.2, -0.15) is 13.2 Å². The molecule has 146 valence electrons. The van der Waals surface area contributed by atoms with Gasteiger partial charge in [-0.15, -0.1) is 11.8 Å². The maximum absolute atomic E-state index is 13.8. The van der Waals surface area contributed by atoms with E-state index in [-0.39, 0.29) is 28.5 Å². The Bertz CT molecular complexity index is 670. The quantitative estimate of drug-likeness (QED) is 0.567. The van der Waals surface area contributed by atoms with Gasteiger partial charge in [0.25, 0.3) is 6.43 Å².